The highest BCUT2D eigenvalue weighted by atomic mass is 16.3. The Bertz CT molecular complexity index is 323. The van der Waals surface area contributed by atoms with Crippen molar-refractivity contribution in [3.63, 3.8) is 0 Å². The Labute approximate surface area is 103 Å². The van der Waals surface area contributed by atoms with Gasteiger partial charge in [-0.25, -0.2) is 9.97 Å². The van der Waals surface area contributed by atoms with Gasteiger partial charge in [0.25, 0.3) is 0 Å². The van der Waals surface area contributed by atoms with Crippen molar-refractivity contribution in [3.8, 4) is 0 Å². The molecule has 0 spiro atoms. The number of aryl methyl sites for hydroxylation is 2. The van der Waals surface area contributed by atoms with Crippen LogP contribution in [0.25, 0.3) is 0 Å². The van der Waals surface area contributed by atoms with Gasteiger partial charge in [-0.1, -0.05) is 6.92 Å². The molecule has 0 aliphatic heterocycles. The maximum absolute atomic E-state index is 8.87. The number of nitrogens with zero attached hydrogens (tertiary/aromatic N) is 3. The number of hydrogen-bond acceptors (Lipinski definition) is 5. The first-order valence-corrected chi connectivity index (χ1v) is 6.05. The van der Waals surface area contributed by atoms with Crippen molar-refractivity contribution < 1.29 is 5.11 Å². The first kappa shape index (κ1) is 13.9. The summed E-state index contributed by atoms with van der Waals surface area (Å²) in [7, 11) is 0. The summed E-state index contributed by atoms with van der Waals surface area (Å²) in [6, 6.07) is 1.95. The normalized spacial score (nSPS) is 10.9. The van der Waals surface area contributed by atoms with Crippen LogP contribution in [0.2, 0.25) is 0 Å². The molecule has 0 saturated heterocycles. The van der Waals surface area contributed by atoms with Crippen LogP contribution in [-0.2, 0) is 0 Å². The fourth-order valence-electron chi connectivity index (χ4n) is 1.70. The number of rotatable bonds is 7. The van der Waals surface area contributed by atoms with Crippen LogP contribution >= 0.6 is 0 Å². The second kappa shape index (κ2) is 7.19. The lowest BCUT2D eigenvalue weighted by atomic mass is 10.3. The molecule has 0 amide bonds. The van der Waals surface area contributed by atoms with E-state index >= 15 is 0 Å². The molecule has 0 radical (unpaired) electrons. The number of likely N-dealkylation sites (N-methyl/N-ethyl adjacent to an activating group) is 1. The molecule has 0 unspecified atom stereocenters. The maximum Gasteiger partial charge on any atom is 0.223 e. The van der Waals surface area contributed by atoms with Crippen molar-refractivity contribution in [2.24, 2.45) is 0 Å². The van der Waals surface area contributed by atoms with E-state index in [9.17, 15) is 0 Å². The summed E-state index contributed by atoms with van der Waals surface area (Å²) in [4.78, 5) is 10.8. The Morgan fingerprint density at radius 2 is 1.88 bits per heavy atom. The van der Waals surface area contributed by atoms with Crippen LogP contribution in [0.5, 0.6) is 0 Å². The fraction of sp³-hybridized carbons (Fsp3) is 0.667. The van der Waals surface area contributed by atoms with Gasteiger partial charge in [0.05, 0.1) is 6.61 Å². The van der Waals surface area contributed by atoms with Gasteiger partial charge in [-0.15, -0.1) is 0 Å². The fourth-order valence-corrected chi connectivity index (χ4v) is 1.70. The first-order chi connectivity index (χ1) is 8.15. The molecule has 0 aliphatic carbocycles. The van der Waals surface area contributed by atoms with E-state index in [2.05, 4.69) is 27.1 Å². The van der Waals surface area contributed by atoms with Crippen LogP contribution in [0, 0.1) is 13.8 Å². The van der Waals surface area contributed by atoms with Gasteiger partial charge in [0.2, 0.25) is 5.95 Å². The molecule has 2 N–H and O–H groups in total. The van der Waals surface area contributed by atoms with Crippen LogP contribution in [0.15, 0.2) is 6.07 Å². The molecule has 1 heterocycles. The second-order valence-corrected chi connectivity index (χ2v) is 4.06. The highest BCUT2D eigenvalue weighted by Crippen LogP contribution is 2.03. The molecule has 5 nitrogen and oxygen atoms in total. The predicted molar refractivity (Wildman–Crippen MR) is 69.2 cm³/mol. The molecule has 1 aromatic heterocycles. The Morgan fingerprint density at radius 3 is 2.41 bits per heavy atom. The molecule has 17 heavy (non-hydrogen) atoms. The van der Waals surface area contributed by atoms with Crippen LogP contribution in [0.4, 0.5) is 5.95 Å². The standard InChI is InChI=1S/C12H22N4O/c1-4-16(7-8-17)6-5-13-12-14-10(2)9-11(3)15-12/h9,17H,4-8H2,1-3H3,(H,13,14,15). The van der Waals surface area contributed by atoms with E-state index in [4.69, 9.17) is 5.11 Å². The summed E-state index contributed by atoms with van der Waals surface area (Å²) in [5.74, 6) is 0.683. The van der Waals surface area contributed by atoms with Gasteiger partial charge in [0.1, 0.15) is 0 Å². The van der Waals surface area contributed by atoms with Gasteiger partial charge in [-0.3, -0.25) is 4.90 Å². The van der Waals surface area contributed by atoms with Gasteiger partial charge < -0.3 is 10.4 Å². The Hall–Kier alpha value is -1.20. The molecule has 0 aliphatic rings. The third-order valence-electron chi connectivity index (χ3n) is 2.56. The van der Waals surface area contributed by atoms with E-state index in [1.54, 1.807) is 0 Å². The monoisotopic (exact) mass is 238 g/mol. The topological polar surface area (TPSA) is 61.3 Å². The minimum absolute atomic E-state index is 0.202. The van der Waals surface area contributed by atoms with Crippen LogP contribution in [0.3, 0.4) is 0 Å². The lowest BCUT2D eigenvalue weighted by Crippen LogP contribution is -2.31. The molecular weight excluding hydrogens is 216 g/mol. The highest BCUT2D eigenvalue weighted by molar-refractivity contribution is 5.27. The molecule has 96 valence electrons. The molecule has 0 aromatic carbocycles. The Morgan fingerprint density at radius 1 is 1.24 bits per heavy atom. The number of aromatic nitrogens is 2. The molecule has 0 saturated carbocycles. The molecule has 0 bridgehead atoms. The Kier molecular flexibility index (Phi) is 5.86. The molecule has 1 rings (SSSR count). The zero-order valence-corrected chi connectivity index (χ0v) is 10.9. The lowest BCUT2D eigenvalue weighted by molar-refractivity contribution is 0.206. The molecule has 1 aromatic rings. The number of aliphatic hydroxyl groups is 1. The van der Waals surface area contributed by atoms with E-state index in [1.807, 2.05) is 19.9 Å². The molecule has 5 heteroatoms. The van der Waals surface area contributed by atoms with E-state index in [0.717, 1.165) is 31.0 Å². The van der Waals surface area contributed by atoms with E-state index < -0.39 is 0 Å². The second-order valence-electron chi connectivity index (χ2n) is 4.06. The average molecular weight is 238 g/mol. The van der Waals surface area contributed by atoms with E-state index in [-0.39, 0.29) is 6.61 Å². The zero-order valence-electron chi connectivity index (χ0n) is 10.9. The van der Waals surface area contributed by atoms with Crippen LogP contribution in [0.1, 0.15) is 18.3 Å². The summed E-state index contributed by atoms with van der Waals surface area (Å²) in [6.07, 6.45) is 0. The van der Waals surface area contributed by atoms with Crippen molar-refractivity contribution in [2.45, 2.75) is 20.8 Å². The number of anilines is 1. The van der Waals surface area contributed by atoms with Crippen molar-refractivity contribution in [1.82, 2.24) is 14.9 Å². The maximum atomic E-state index is 8.87. The minimum atomic E-state index is 0.202. The van der Waals surface area contributed by atoms with E-state index in [1.165, 1.54) is 0 Å². The molecule has 0 fully saturated rings. The molecule has 0 atom stereocenters. The quantitative estimate of drug-likeness (QED) is 0.736. The van der Waals surface area contributed by atoms with Crippen LogP contribution < -0.4 is 5.32 Å². The van der Waals surface area contributed by atoms with Crippen molar-refractivity contribution in [2.75, 3.05) is 38.1 Å². The number of nitrogens with one attached hydrogen (secondary N) is 1. The van der Waals surface area contributed by atoms with Crippen molar-refractivity contribution in [3.05, 3.63) is 17.5 Å². The van der Waals surface area contributed by atoms with Gasteiger partial charge >= 0.3 is 0 Å². The zero-order chi connectivity index (χ0) is 12.7. The highest BCUT2D eigenvalue weighted by Gasteiger charge is 2.02. The number of aliphatic hydroxyl groups excluding tert-OH is 1. The predicted octanol–water partition coefficient (Wildman–Crippen LogP) is 0.820. The van der Waals surface area contributed by atoms with Crippen LogP contribution in [-0.4, -0.2) is 52.8 Å². The first-order valence-electron chi connectivity index (χ1n) is 6.05. The summed E-state index contributed by atoms with van der Waals surface area (Å²) in [5.41, 5.74) is 1.95. The third-order valence-corrected chi connectivity index (χ3v) is 2.56. The lowest BCUT2D eigenvalue weighted by Gasteiger charge is -2.19. The van der Waals surface area contributed by atoms with Gasteiger partial charge in [0, 0.05) is 31.0 Å². The SMILES string of the molecule is CCN(CCO)CCNc1nc(C)cc(C)n1. The summed E-state index contributed by atoms with van der Waals surface area (Å²) in [5, 5.41) is 12.1. The number of hydrogen-bond donors (Lipinski definition) is 2. The van der Waals surface area contributed by atoms with E-state index in [0.29, 0.717) is 12.5 Å². The Balaban J connectivity index is 2.39. The van der Waals surface area contributed by atoms with Crippen molar-refractivity contribution in [1.29, 1.82) is 0 Å². The smallest absolute Gasteiger partial charge is 0.223 e. The van der Waals surface area contributed by atoms with Crippen molar-refractivity contribution >= 4 is 5.95 Å². The minimum Gasteiger partial charge on any atom is -0.395 e. The van der Waals surface area contributed by atoms with Gasteiger partial charge in [0.15, 0.2) is 0 Å². The average Bonchev–Trinajstić information content (AvgIpc) is 2.26. The molecular formula is C12H22N4O. The summed E-state index contributed by atoms with van der Waals surface area (Å²) in [6.45, 7) is 9.54. The van der Waals surface area contributed by atoms with Gasteiger partial charge in [-0.2, -0.15) is 0 Å². The third kappa shape index (κ3) is 5.10. The van der Waals surface area contributed by atoms with Gasteiger partial charge in [-0.05, 0) is 26.5 Å². The summed E-state index contributed by atoms with van der Waals surface area (Å²) >= 11 is 0. The summed E-state index contributed by atoms with van der Waals surface area (Å²) < 4.78 is 0. The largest absolute Gasteiger partial charge is 0.395 e.